The van der Waals surface area contributed by atoms with E-state index in [0.29, 0.717) is 24.4 Å². The molecule has 0 saturated carbocycles. The molecular formula is C28H28FN3O2. The average molecular weight is 458 g/mol. The molecule has 0 aliphatic rings. The number of carbonyl (C=O) groups excluding carboxylic acids is 1. The number of carbonyl (C=O) groups is 1. The molecule has 3 aromatic carbocycles. The van der Waals surface area contributed by atoms with Crippen LogP contribution >= 0.6 is 0 Å². The summed E-state index contributed by atoms with van der Waals surface area (Å²) in [6, 6.07) is 21.8. The molecule has 0 atom stereocenters. The summed E-state index contributed by atoms with van der Waals surface area (Å²) in [5, 5.41) is 7.56. The number of hydrogen-bond donors (Lipinski definition) is 1. The minimum atomic E-state index is -0.271. The number of nitrogens with one attached hydrogen (secondary N) is 1. The lowest BCUT2D eigenvalue weighted by Gasteiger charge is -2.10. The van der Waals surface area contributed by atoms with Crippen molar-refractivity contribution < 1.29 is 13.9 Å². The summed E-state index contributed by atoms with van der Waals surface area (Å²) >= 11 is 0. The Morgan fingerprint density at radius 1 is 0.971 bits per heavy atom. The van der Waals surface area contributed by atoms with Gasteiger partial charge in [-0.15, -0.1) is 0 Å². The van der Waals surface area contributed by atoms with Crippen molar-refractivity contribution in [3.05, 3.63) is 112 Å². The van der Waals surface area contributed by atoms with Crippen molar-refractivity contribution >= 4 is 11.6 Å². The third-order valence-corrected chi connectivity index (χ3v) is 5.79. The first-order valence-corrected chi connectivity index (χ1v) is 11.3. The third kappa shape index (κ3) is 5.52. The van der Waals surface area contributed by atoms with Crippen LogP contribution < -0.4 is 10.1 Å². The summed E-state index contributed by atoms with van der Waals surface area (Å²) in [4.78, 5) is 13.0. The van der Waals surface area contributed by atoms with Crippen LogP contribution in [0.2, 0.25) is 0 Å². The number of aryl methyl sites for hydroxylation is 2. The minimum Gasteiger partial charge on any atom is -0.489 e. The molecule has 0 unspecified atom stereocenters. The van der Waals surface area contributed by atoms with E-state index in [4.69, 9.17) is 4.74 Å². The Hall–Kier alpha value is -3.93. The molecule has 0 saturated heterocycles. The van der Waals surface area contributed by atoms with E-state index in [2.05, 4.69) is 29.5 Å². The quantitative estimate of drug-likeness (QED) is 0.349. The number of ether oxygens (including phenoxy) is 1. The first-order valence-electron chi connectivity index (χ1n) is 11.3. The van der Waals surface area contributed by atoms with Gasteiger partial charge in [-0.3, -0.25) is 9.48 Å². The van der Waals surface area contributed by atoms with E-state index < -0.39 is 0 Å². The lowest BCUT2D eigenvalue weighted by Crippen LogP contribution is -2.14. The van der Waals surface area contributed by atoms with Crippen molar-refractivity contribution in [3.8, 4) is 5.75 Å². The molecule has 5 nitrogen and oxygen atoms in total. The van der Waals surface area contributed by atoms with Gasteiger partial charge >= 0.3 is 0 Å². The van der Waals surface area contributed by atoms with Gasteiger partial charge in [0, 0.05) is 5.56 Å². The number of anilines is 1. The first-order chi connectivity index (χ1) is 16.4. The number of amides is 1. The second-order valence-electron chi connectivity index (χ2n) is 8.27. The minimum absolute atomic E-state index is 0.207. The highest BCUT2D eigenvalue weighted by Gasteiger charge is 2.16. The van der Waals surface area contributed by atoms with Crippen molar-refractivity contribution in [3.63, 3.8) is 0 Å². The molecule has 0 aliphatic heterocycles. The molecule has 6 heteroatoms. The van der Waals surface area contributed by atoms with E-state index in [1.54, 1.807) is 18.2 Å². The van der Waals surface area contributed by atoms with Crippen LogP contribution in [-0.2, 0) is 19.6 Å². The highest BCUT2D eigenvalue weighted by Crippen LogP contribution is 2.22. The Bertz CT molecular complexity index is 1280. The predicted molar refractivity (Wildman–Crippen MR) is 132 cm³/mol. The van der Waals surface area contributed by atoms with Gasteiger partial charge in [0.2, 0.25) is 0 Å². The molecule has 1 heterocycles. The van der Waals surface area contributed by atoms with Gasteiger partial charge in [-0.1, -0.05) is 43.3 Å². The molecule has 0 bridgehead atoms. The van der Waals surface area contributed by atoms with Gasteiger partial charge in [-0.05, 0) is 73.4 Å². The van der Waals surface area contributed by atoms with E-state index in [0.717, 1.165) is 34.7 Å². The van der Waals surface area contributed by atoms with Crippen molar-refractivity contribution in [1.82, 2.24) is 9.78 Å². The maximum atomic E-state index is 13.2. The normalized spacial score (nSPS) is 10.8. The fourth-order valence-corrected chi connectivity index (χ4v) is 3.77. The smallest absolute Gasteiger partial charge is 0.255 e. The van der Waals surface area contributed by atoms with Crippen LogP contribution in [0.25, 0.3) is 0 Å². The standard InChI is InChI=1S/C28H28FN3O2/c1-4-21-10-14-26(15-11-21)34-18-23-6-5-7-24(16-23)28(33)30-27-19(2)31-32(20(27)3)17-22-8-12-25(29)13-9-22/h5-16H,4,17-18H2,1-3H3,(H,30,33). The maximum Gasteiger partial charge on any atom is 0.255 e. The van der Waals surface area contributed by atoms with Crippen LogP contribution in [0.1, 0.15) is 45.4 Å². The second-order valence-corrected chi connectivity index (χ2v) is 8.27. The number of nitrogens with zero attached hydrogens (tertiary/aromatic N) is 2. The van der Waals surface area contributed by atoms with E-state index >= 15 is 0 Å². The van der Waals surface area contributed by atoms with E-state index in [1.807, 2.05) is 48.9 Å². The fourth-order valence-electron chi connectivity index (χ4n) is 3.77. The van der Waals surface area contributed by atoms with Crippen molar-refractivity contribution in [2.45, 2.75) is 40.3 Å². The second kappa shape index (κ2) is 10.3. The van der Waals surface area contributed by atoms with Gasteiger partial charge < -0.3 is 10.1 Å². The van der Waals surface area contributed by atoms with Crippen LogP contribution in [0.4, 0.5) is 10.1 Å². The summed E-state index contributed by atoms with van der Waals surface area (Å²) in [6.45, 7) is 6.76. The van der Waals surface area contributed by atoms with Crippen LogP contribution in [0.3, 0.4) is 0 Å². The van der Waals surface area contributed by atoms with E-state index in [-0.39, 0.29) is 11.7 Å². The van der Waals surface area contributed by atoms with Gasteiger partial charge in [-0.25, -0.2) is 4.39 Å². The largest absolute Gasteiger partial charge is 0.489 e. The SMILES string of the molecule is CCc1ccc(OCc2cccc(C(=O)Nc3c(C)nn(Cc4ccc(F)cc4)c3C)c2)cc1. The summed E-state index contributed by atoms with van der Waals surface area (Å²) < 4.78 is 20.9. The highest BCUT2D eigenvalue weighted by atomic mass is 19.1. The van der Waals surface area contributed by atoms with Crippen LogP contribution in [-0.4, -0.2) is 15.7 Å². The molecule has 1 aromatic heterocycles. The molecule has 1 amide bonds. The monoisotopic (exact) mass is 457 g/mol. The molecule has 0 radical (unpaired) electrons. The zero-order valence-electron chi connectivity index (χ0n) is 19.6. The molecule has 0 spiro atoms. The summed E-state index contributed by atoms with van der Waals surface area (Å²) in [6.07, 6.45) is 0.988. The zero-order chi connectivity index (χ0) is 24.1. The molecule has 0 aliphatic carbocycles. The molecule has 4 rings (SSSR count). The lowest BCUT2D eigenvalue weighted by molar-refractivity contribution is 0.102. The van der Waals surface area contributed by atoms with Gasteiger partial charge in [0.15, 0.2) is 0 Å². The van der Waals surface area contributed by atoms with Crippen LogP contribution in [0.5, 0.6) is 5.75 Å². The maximum absolute atomic E-state index is 13.2. The number of halogens is 1. The molecule has 4 aromatic rings. The van der Waals surface area contributed by atoms with Crippen LogP contribution in [0, 0.1) is 19.7 Å². The molecule has 174 valence electrons. The number of hydrogen-bond acceptors (Lipinski definition) is 3. The Balaban J connectivity index is 1.43. The van der Waals surface area contributed by atoms with Crippen molar-refractivity contribution in [2.24, 2.45) is 0 Å². The molecule has 34 heavy (non-hydrogen) atoms. The molecular weight excluding hydrogens is 429 g/mol. The van der Waals surface area contributed by atoms with Crippen molar-refractivity contribution in [2.75, 3.05) is 5.32 Å². The Morgan fingerprint density at radius 3 is 2.38 bits per heavy atom. The number of rotatable bonds is 8. The van der Waals surface area contributed by atoms with Gasteiger partial charge in [0.05, 0.1) is 23.6 Å². The summed E-state index contributed by atoms with van der Waals surface area (Å²) in [5.41, 5.74) is 5.90. The van der Waals surface area contributed by atoms with Crippen molar-refractivity contribution in [1.29, 1.82) is 0 Å². The third-order valence-electron chi connectivity index (χ3n) is 5.79. The lowest BCUT2D eigenvalue weighted by atomic mass is 10.1. The highest BCUT2D eigenvalue weighted by molar-refractivity contribution is 6.05. The van der Waals surface area contributed by atoms with E-state index in [1.165, 1.54) is 17.7 Å². The number of benzene rings is 3. The topological polar surface area (TPSA) is 56.1 Å². The van der Waals surface area contributed by atoms with Crippen LogP contribution in [0.15, 0.2) is 72.8 Å². The van der Waals surface area contributed by atoms with Gasteiger partial charge in [0.1, 0.15) is 18.2 Å². The Morgan fingerprint density at radius 2 is 1.68 bits per heavy atom. The Labute approximate surface area is 199 Å². The van der Waals surface area contributed by atoms with E-state index in [9.17, 15) is 9.18 Å². The Kier molecular flexibility index (Phi) is 7.07. The molecule has 1 N–H and O–H groups in total. The summed E-state index contributed by atoms with van der Waals surface area (Å²) in [7, 11) is 0. The molecule has 0 fully saturated rings. The summed E-state index contributed by atoms with van der Waals surface area (Å²) in [5.74, 6) is 0.320. The number of aromatic nitrogens is 2. The fraction of sp³-hybridized carbons (Fsp3) is 0.214. The zero-order valence-corrected chi connectivity index (χ0v) is 19.6. The first kappa shape index (κ1) is 23.2. The van der Waals surface area contributed by atoms with Gasteiger partial charge in [-0.2, -0.15) is 5.10 Å². The predicted octanol–water partition coefficient (Wildman–Crippen LogP) is 6.08. The average Bonchev–Trinajstić information content (AvgIpc) is 3.11. The van der Waals surface area contributed by atoms with Gasteiger partial charge in [0.25, 0.3) is 5.91 Å².